The normalized spacial score (nSPS) is 18.2. The molecule has 0 aromatic heterocycles. The van der Waals surface area contributed by atoms with E-state index in [4.69, 9.17) is 16.3 Å². The molecule has 1 fully saturated rings. The van der Waals surface area contributed by atoms with Crippen LogP contribution in [-0.4, -0.2) is 43.5 Å². The maximum atomic E-state index is 12.0. The highest BCUT2D eigenvalue weighted by Crippen LogP contribution is 2.23. The molecule has 0 amide bonds. The quantitative estimate of drug-likeness (QED) is 0.836. The molecule has 0 radical (unpaired) electrons. The number of nitrogens with zero attached hydrogens (tertiary/aromatic N) is 1. The molecule has 1 atom stereocenters. The van der Waals surface area contributed by atoms with E-state index in [1.165, 1.54) is 0 Å². The van der Waals surface area contributed by atoms with Crippen molar-refractivity contribution in [3.05, 3.63) is 34.9 Å². The summed E-state index contributed by atoms with van der Waals surface area (Å²) in [6, 6.07) is 8.11. The van der Waals surface area contributed by atoms with Crippen LogP contribution in [0.4, 0.5) is 0 Å². The SMILES string of the molecule is CC(=O)C(CN(C)C1CCOCC1)c1ccc(Cl)cc1. The van der Waals surface area contributed by atoms with Crippen molar-refractivity contribution in [2.75, 3.05) is 26.8 Å². The van der Waals surface area contributed by atoms with Crippen molar-refractivity contribution in [3.8, 4) is 0 Å². The summed E-state index contributed by atoms with van der Waals surface area (Å²) in [6.07, 6.45) is 2.09. The Labute approximate surface area is 125 Å². The number of carbonyl (C=O) groups is 1. The van der Waals surface area contributed by atoms with Crippen LogP contribution in [-0.2, 0) is 9.53 Å². The lowest BCUT2D eigenvalue weighted by atomic mass is 9.94. The van der Waals surface area contributed by atoms with E-state index in [9.17, 15) is 4.79 Å². The zero-order valence-corrected chi connectivity index (χ0v) is 12.9. The Hall–Kier alpha value is -0.900. The van der Waals surface area contributed by atoms with Crippen LogP contribution in [0, 0.1) is 0 Å². The molecule has 1 unspecified atom stereocenters. The van der Waals surface area contributed by atoms with E-state index in [1.807, 2.05) is 24.3 Å². The minimum Gasteiger partial charge on any atom is -0.381 e. The van der Waals surface area contributed by atoms with Gasteiger partial charge in [0.15, 0.2) is 0 Å². The summed E-state index contributed by atoms with van der Waals surface area (Å²) in [5.41, 5.74) is 1.04. The summed E-state index contributed by atoms with van der Waals surface area (Å²) >= 11 is 5.91. The number of rotatable bonds is 5. The van der Waals surface area contributed by atoms with Crippen molar-refractivity contribution in [3.63, 3.8) is 0 Å². The second kappa shape index (κ2) is 7.21. The van der Waals surface area contributed by atoms with Gasteiger partial charge in [-0.2, -0.15) is 0 Å². The van der Waals surface area contributed by atoms with Gasteiger partial charge in [0.2, 0.25) is 0 Å². The highest BCUT2D eigenvalue weighted by Gasteiger charge is 2.24. The van der Waals surface area contributed by atoms with Gasteiger partial charge in [-0.05, 0) is 44.5 Å². The molecule has 20 heavy (non-hydrogen) atoms. The zero-order chi connectivity index (χ0) is 14.5. The smallest absolute Gasteiger partial charge is 0.138 e. The number of benzene rings is 1. The van der Waals surface area contributed by atoms with Gasteiger partial charge in [-0.25, -0.2) is 0 Å². The van der Waals surface area contributed by atoms with Crippen LogP contribution < -0.4 is 0 Å². The van der Waals surface area contributed by atoms with E-state index in [2.05, 4.69) is 11.9 Å². The van der Waals surface area contributed by atoms with Gasteiger partial charge in [0, 0.05) is 30.8 Å². The van der Waals surface area contributed by atoms with Gasteiger partial charge < -0.3 is 9.64 Å². The Balaban J connectivity index is 2.05. The largest absolute Gasteiger partial charge is 0.381 e. The highest BCUT2D eigenvalue weighted by atomic mass is 35.5. The Bertz CT molecular complexity index is 440. The third-order valence-corrected chi connectivity index (χ3v) is 4.30. The van der Waals surface area contributed by atoms with Gasteiger partial charge in [0.25, 0.3) is 0 Å². The summed E-state index contributed by atoms with van der Waals surface area (Å²) < 4.78 is 5.39. The molecular weight excluding hydrogens is 274 g/mol. The number of ketones is 1. The van der Waals surface area contributed by atoms with E-state index in [0.29, 0.717) is 11.1 Å². The number of halogens is 1. The van der Waals surface area contributed by atoms with Crippen molar-refractivity contribution in [2.24, 2.45) is 0 Å². The predicted octanol–water partition coefficient (Wildman–Crippen LogP) is 3.12. The van der Waals surface area contributed by atoms with Crippen molar-refractivity contribution < 1.29 is 9.53 Å². The van der Waals surface area contributed by atoms with E-state index >= 15 is 0 Å². The highest BCUT2D eigenvalue weighted by molar-refractivity contribution is 6.30. The molecule has 2 rings (SSSR count). The summed E-state index contributed by atoms with van der Waals surface area (Å²) in [5.74, 6) is 0.117. The van der Waals surface area contributed by atoms with Crippen LogP contribution in [0.3, 0.4) is 0 Å². The topological polar surface area (TPSA) is 29.5 Å². The molecule has 1 saturated heterocycles. The third kappa shape index (κ3) is 4.05. The Kier molecular flexibility index (Phi) is 5.58. The number of hydrogen-bond donors (Lipinski definition) is 0. The third-order valence-electron chi connectivity index (χ3n) is 4.05. The second-order valence-electron chi connectivity index (χ2n) is 5.50. The van der Waals surface area contributed by atoms with Crippen LogP contribution in [0.25, 0.3) is 0 Å². The fraction of sp³-hybridized carbons (Fsp3) is 0.562. The van der Waals surface area contributed by atoms with E-state index < -0.39 is 0 Å². The van der Waals surface area contributed by atoms with Crippen molar-refractivity contribution in [1.29, 1.82) is 0 Å². The number of likely N-dealkylation sites (N-methyl/N-ethyl adjacent to an activating group) is 1. The maximum absolute atomic E-state index is 12.0. The first kappa shape index (κ1) is 15.5. The minimum atomic E-state index is -0.0832. The average molecular weight is 296 g/mol. The summed E-state index contributed by atoms with van der Waals surface area (Å²) in [7, 11) is 2.10. The fourth-order valence-electron chi connectivity index (χ4n) is 2.73. The second-order valence-corrected chi connectivity index (χ2v) is 5.93. The van der Waals surface area contributed by atoms with Crippen LogP contribution >= 0.6 is 11.6 Å². The summed E-state index contributed by atoms with van der Waals surface area (Å²) in [4.78, 5) is 14.3. The van der Waals surface area contributed by atoms with Gasteiger partial charge in [-0.1, -0.05) is 23.7 Å². The molecule has 4 heteroatoms. The Morgan fingerprint density at radius 3 is 2.50 bits per heavy atom. The molecule has 1 aliphatic rings. The number of Topliss-reactive ketones (excluding diaryl/α,β-unsaturated/α-hetero) is 1. The number of carbonyl (C=O) groups excluding carboxylic acids is 1. The van der Waals surface area contributed by atoms with Gasteiger partial charge in [0.05, 0.1) is 5.92 Å². The van der Waals surface area contributed by atoms with E-state index in [0.717, 1.165) is 38.2 Å². The van der Waals surface area contributed by atoms with Crippen molar-refractivity contribution in [1.82, 2.24) is 4.90 Å². The molecule has 0 spiro atoms. The fourth-order valence-corrected chi connectivity index (χ4v) is 2.85. The van der Waals surface area contributed by atoms with Gasteiger partial charge in [-0.15, -0.1) is 0 Å². The van der Waals surface area contributed by atoms with E-state index in [1.54, 1.807) is 6.92 Å². The molecule has 0 N–H and O–H groups in total. The monoisotopic (exact) mass is 295 g/mol. The molecule has 1 heterocycles. The van der Waals surface area contributed by atoms with Crippen molar-refractivity contribution in [2.45, 2.75) is 31.7 Å². The summed E-state index contributed by atoms with van der Waals surface area (Å²) in [6.45, 7) is 4.06. The van der Waals surface area contributed by atoms with Gasteiger partial charge in [0.1, 0.15) is 5.78 Å². The minimum absolute atomic E-state index is 0.0832. The standard InChI is InChI=1S/C16H22ClNO2/c1-12(19)16(13-3-5-14(17)6-4-13)11-18(2)15-7-9-20-10-8-15/h3-6,15-16H,7-11H2,1-2H3. The molecule has 0 saturated carbocycles. The van der Waals surface area contributed by atoms with Crippen LogP contribution in [0.1, 0.15) is 31.2 Å². The number of hydrogen-bond acceptors (Lipinski definition) is 3. The lowest BCUT2D eigenvalue weighted by Gasteiger charge is -2.33. The molecule has 3 nitrogen and oxygen atoms in total. The average Bonchev–Trinajstić information content (AvgIpc) is 2.46. The number of ether oxygens (including phenoxy) is 1. The van der Waals surface area contributed by atoms with Crippen LogP contribution in [0.15, 0.2) is 24.3 Å². The van der Waals surface area contributed by atoms with Crippen molar-refractivity contribution >= 4 is 17.4 Å². The molecular formula is C16H22ClNO2. The molecule has 1 aromatic carbocycles. The first-order valence-corrected chi connectivity index (χ1v) is 7.49. The molecule has 0 aliphatic carbocycles. The van der Waals surface area contributed by atoms with Gasteiger partial charge >= 0.3 is 0 Å². The van der Waals surface area contributed by atoms with E-state index in [-0.39, 0.29) is 11.7 Å². The zero-order valence-electron chi connectivity index (χ0n) is 12.1. The Morgan fingerprint density at radius 2 is 1.95 bits per heavy atom. The maximum Gasteiger partial charge on any atom is 0.138 e. The summed E-state index contributed by atoms with van der Waals surface area (Å²) in [5, 5.41) is 0.703. The predicted molar refractivity (Wildman–Crippen MR) is 81.3 cm³/mol. The molecule has 1 aliphatic heterocycles. The molecule has 110 valence electrons. The lowest BCUT2D eigenvalue weighted by molar-refractivity contribution is -0.119. The lowest BCUT2D eigenvalue weighted by Crippen LogP contribution is -2.40. The van der Waals surface area contributed by atoms with Crippen LogP contribution in [0.5, 0.6) is 0 Å². The Morgan fingerprint density at radius 1 is 1.35 bits per heavy atom. The molecule has 0 bridgehead atoms. The van der Waals surface area contributed by atoms with Gasteiger partial charge in [-0.3, -0.25) is 4.79 Å². The van der Waals surface area contributed by atoms with Crippen LogP contribution in [0.2, 0.25) is 5.02 Å². The first-order chi connectivity index (χ1) is 9.58. The molecule has 1 aromatic rings. The first-order valence-electron chi connectivity index (χ1n) is 7.12.